The largest absolute Gasteiger partial charge is 0.393 e. The van der Waals surface area contributed by atoms with Crippen LogP contribution in [0, 0.1) is 17.8 Å². The van der Waals surface area contributed by atoms with E-state index in [0.717, 1.165) is 0 Å². The molecule has 9 atom stereocenters. The van der Waals surface area contributed by atoms with Gasteiger partial charge in [-0.2, -0.15) is 13.2 Å². The number of likely N-dealkylation sites (tertiary alicyclic amines) is 1. The van der Waals surface area contributed by atoms with Crippen LogP contribution in [0.5, 0.6) is 0 Å². The molecule has 2 aliphatic carbocycles. The molecule has 3 amide bonds. The molecule has 0 spiro atoms. The maximum atomic E-state index is 14.9. The third-order valence-electron chi connectivity index (χ3n) is 9.11. The fourth-order valence-corrected chi connectivity index (χ4v) is 7.95. The third kappa shape index (κ3) is 6.13. The van der Waals surface area contributed by atoms with E-state index in [-0.39, 0.29) is 51.1 Å². The quantitative estimate of drug-likeness (QED) is 0.358. The standard InChI is InChI=1S/C26H33BrF6N4O4/c27-12-9-15(25(40)36-5-7-41-8-6-36)22(16(10-12)26(31,32)33)37-4-3-13(11-37)34-23(38)18-14-1-2-17(28)19(29)21(14)35-24(39)20(18)30/h12-17,19,21-22H,1-11H2,(H,34,38)(H,35,39)/t12?,13-,14?,15?,16?,17?,19?,21?,22?/m1/s1. The smallest absolute Gasteiger partial charge is 0.378 e. The topological polar surface area (TPSA) is 91.0 Å². The fraction of sp³-hybridized carbons (Fsp3) is 0.808. The number of hydrogen-bond donors (Lipinski definition) is 2. The number of nitrogens with zero attached hydrogens (tertiary/aromatic N) is 2. The number of rotatable bonds is 4. The first-order valence-electron chi connectivity index (χ1n) is 14.0. The zero-order chi connectivity index (χ0) is 29.6. The van der Waals surface area contributed by atoms with Crippen LogP contribution in [0.1, 0.15) is 32.1 Å². The van der Waals surface area contributed by atoms with E-state index in [1.165, 1.54) is 0 Å². The first-order valence-corrected chi connectivity index (χ1v) is 14.9. The van der Waals surface area contributed by atoms with Gasteiger partial charge < -0.3 is 20.3 Å². The Hall–Kier alpha value is -1.87. The highest BCUT2D eigenvalue weighted by Gasteiger charge is 2.56. The first kappa shape index (κ1) is 30.6. The molecule has 8 unspecified atom stereocenters. The molecule has 4 fully saturated rings. The van der Waals surface area contributed by atoms with E-state index in [4.69, 9.17) is 4.74 Å². The summed E-state index contributed by atoms with van der Waals surface area (Å²) in [7, 11) is 0. The van der Waals surface area contributed by atoms with Crippen LogP contribution in [0.2, 0.25) is 0 Å². The van der Waals surface area contributed by atoms with E-state index in [1.807, 2.05) is 0 Å². The number of hydrogen-bond acceptors (Lipinski definition) is 5. The summed E-state index contributed by atoms with van der Waals surface area (Å²) in [5.41, 5.74) is -0.555. The summed E-state index contributed by atoms with van der Waals surface area (Å²) in [6.07, 6.45) is -8.56. The molecule has 41 heavy (non-hydrogen) atoms. The maximum absolute atomic E-state index is 14.9. The van der Waals surface area contributed by atoms with Crippen molar-refractivity contribution in [2.24, 2.45) is 17.8 Å². The van der Waals surface area contributed by atoms with Crippen LogP contribution in [0.25, 0.3) is 0 Å². The summed E-state index contributed by atoms with van der Waals surface area (Å²) >= 11 is 3.33. The summed E-state index contributed by atoms with van der Waals surface area (Å²) in [4.78, 5) is 41.4. The molecule has 0 radical (unpaired) electrons. The molecule has 0 aromatic carbocycles. The van der Waals surface area contributed by atoms with Crippen LogP contribution in [0.3, 0.4) is 0 Å². The van der Waals surface area contributed by atoms with Gasteiger partial charge >= 0.3 is 6.18 Å². The van der Waals surface area contributed by atoms with Crippen LogP contribution in [0.15, 0.2) is 11.4 Å². The van der Waals surface area contributed by atoms with Crippen molar-refractivity contribution in [1.29, 1.82) is 0 Å². The highest BCUT2D eigenvalue weighted by molar-refractivity contribution is 9.09. The van der Waals surface area contributed by atoms with Crippen LogP contribution < -0.4 is 10.6 Å². The van der Waals surface area contributed by atoms with E-state index in [0.29, 0.717) is 26.3 Å². The van der Waals surface area contributed by atoms with Crippen LogP contribution >= 0.6 is 15.9 Å². The minimum Gasteiger partial charge on any atom is -0.378 e. The minimum atomic E-state index is -4.57. The van der Waals surface area contributed by atoms with E-state index in [2.05, 4.69) is 26.6 Å². The Morgan fingerprint density at radius 3 is 2.44 bits per heavy atom. The molecule has 3 heterocycles. The van der Waals surface area contributed by atoms with Crippen molar-refractivity contribution < 1.29 is 45.5 Å². The highest BCUT2D eigenvalue weighted by atomic mass is 79.9. The molecule has 0 aromatic heterocycles. The second kappa shape index (κ2) is 12.0. The molecule has 0 aromatic rings. The lowest BCUT2D eigenvalue weighted by molar-refractivity contribution is -0.205. The number of fused-ring (bicyclic) bond motifs is 1. The number of alkyl halides is 6. The number of carbonyl (C=O) groups excluding carboxylic acids is 3. The second-order valence-electron chi connectivity index (χ2n) is 11.6. The summed E-state index contributed by atoms with van der Waals surface area (Å²) < 4.78 is 91.6. The summed E-state index contributed by atoms with van der Waals surface area (Å²) in [6.45, 7) is 1.35. The normalized spacial score (nSPS) is 38.9. The predicted molar refractivity (Wildman–Crippen MR) is 137 cm³/mol. The molecule has 8 nitrogen and oxygen atoms in total. The molecule has 2 N–H and O–H groups in total. The van der Waals surface area contributed by atoms with Crippen molar-refractivity contribution in [2.75, 3.05) is 39.4 Å². The Bertz CT molecular complexity index is 1070. The molecular formula is C26H33BrF6N4O4. The zero-order valence-electron chi connectivity index (χ0n) is 22.1. The van der Waals surface area contributed by atoms with Gasteiger partial charge in [-0.25, -0.2) is 13.2 Å². The van der Waals surface area contributed by atoms with Gasteiger partial charge in [0.15, 0.2) is 12.0 Å². The summed E-state index contributed by atoms with van der Waals surface area (Å²) in [5, 5.41) is 4.73. The number of halogens is 7. The number of carbonyl (C=O) groups is 3. The molecule has 3 aliphatic heterocycles. The van der Waals surface area contributed by atoms with Gasteiger partial charge in [-0.3, -0.25) is 19.3 Å². The predicted octanol–water partition coefficient (Wildman–Crippen LogP) is 2.56. The molecule has 2 saturated heterocycles. The van der Waals surface area contributed by atoms with Crippen molar-refractivity contribution in [3.63, 3.8) is 0 Å². The van der Waals surface area contributed by atoms with E-state index < -0.39 is 82.4 Å². The summed E-state index contributed by atoms with van der Waals surface area (Å²) in [5.74, 6) is -7.78. The molecule has 2 saturated carbocycles. The second-order valence-corrected chi connectivity index (χ2v) is 12.9. The van der Waals surface area contributed by atoms with Crippen molar-refractivity contribution in [3.05, 3.63) is 11.4 Å². The monoisotopic (exact) mass is 658 g/mol. The number of amides is 3. The number of morpholine rings is 1. The van der Waals surface area contributed by atoms with Gasteiger partial charge in [0.2, 0.25) is 5.91 Å². The molecule has 230 valence electrons. The van der Waals surface area contributed by atoms with Gasteiger partial charge in [0, 0.05) is 49.0 Å². The molecule has 5 rings (SSSR count). The minimum absolute atomic E-state index is 0.0175. The van der Waals surface area contributed by atoms with Crippen LogP contribution in [-0.2, 0) is 19.1 Å². The van der Waals surface area contributed by atoms with Crippen molar-refractivity contribution >= 4 is 33.7 Å². The lowest BCUT2D eigenvalue weighted by atomic mass is 9.74. The molecule has 5 aliphatic rings. The van der Waals surface area contributed by atoms with Crippen molar-refractivity contribution in [1.82, 2.24) is 20.4 Å². The third-order valence-corrected chi connectivity index (χ3v) is 9.85. The van der Waals surface area contributed by atoms with Gasteiger partial charge in [-0.15, -0.1) is 0 Å². The van der Waals surface area contributed by atoms with Gasteiger partial charge in [0.1, 0.15) is 6.17 Å². The summed E-state index contributed by atoms with van der Waals surface area (Å²) in [6, 6.07) is -3.24. The Morgan fingerprint density at radius 1 is 1.05 bits per heavy atom. The zero-order valence-corrected chi connectivity index (χ0v) is 23.7. The van der Waals surface area contributed by atoms with Crippen molar-refractivity contribution in [3.8, 4) is 0 Å². The lowest BCUT2D eigenvalue weighted by Crippen LogP contribution is -2.59. The SMILES string of the molecule is O=C1NC2C(CCC(F)C2F)C(C(=O)N[C@@H]2CCN(C3C(C(=O)N4CCOCC4)CC(Br)CC3C(F)(F)F)C2)=C1F. The Labute approximate surface area is 241 Å². The average Bonchev–Trinajstić information content (AvgIpc) is 3.39. The van der Waals surface area contributed by atoms with Gasteiger partial charge in [0.25, 0.3) is 11.8 Å². The van der Waals surface area contributed by atoms with Gasteiger partial charge in [0.05, 0.1) is 36.7 Å². The van der Waals surface area contributed by atoms with Crippen molar-refractivity contribution in [2.45, 2.75) is 73.6 Å². The van der Waals surface area contributed by atoms with E-state index in [9.17, 15) is 40.7 Å². The maximum Gasteiger partial charge on any atom is 0.393 e. The van der Waals surface area contributed by atoms with E-state index >= 15 is 0 Å². The number of nitrogens with one attached hydrogen (secondary N) is 2. The number of ether oxygens (including phenoxy) is 1. The van der Waals surface area contributed by atoms with E-state index in [1.54, 1.807) is 9.80 Å². The molecular weight excluding hydrogens is 626 g/mol. The Kier molecular flexibility index (Phi) is 8.97. The first-order chi connectivity index (χ1) is 19.4. The van der Waals surface area contributed by atoms with Gasteiger partial charge in [-0.1, -0.05) is 15.9 Å². The molecule has 15 heteroatoms. The fourth-order valence-electron chi connectivity index (χ4n) is 7.14. The van der Waals surface area contributed by atoms with Crippen LogP contribution in [0.4, 0.5) is 26.3 Å². The molecule has 0 bridgehead atoms. The lowest BCUT2D eigenvalue weighted by Gasteiger charge is -2.46. The Balaban J connectivity index is 1.33. The Morgan fingerprint density at radius 2 is 1.76 bits per heavy atom. The van der Waals surface area contributed by atoms with Crippen LogP contribution in [-0.4, -0.2) is 108 Å². The highest BCUT2D eigenvalue weighted by Crippen LogP contribution is 2.46. The van der Waals surface area contributed by atoms with Gasteiger partial charge in [-0.05, 0) is 32.1 Å². The average molecular weight is 659 g/mol.